The summed E-state index contributed by atoms with van der Waals surface area (Å²) in [4.78, 5) is 0.730. The van der Waals surface area contributed by atoms with E-state index in [0.29, 0.717) is 21.1 Å². The molecule has 0 saturated carbocycles. The first kappa shape index (κ1) is 20.7. The number of unbranched alkanes of at least 4 members (excludes halogenated alkanes) is 6. The van der Waals surface area contributed by atoms with E-state index in [-0.39, 0.29) is 0 Å². The summed E-state index contributed by atoms with van der Waals surface area (Å²) in [6.45, 7) is 4.57. The normalized spacial score (nSPS) is 13.9. The Kier molecular flexibility index (Phi) is 12.7. The first-order valence-corrected chi connectivity index (χ1v) is 11.4. The topological polar surface area (TPSA) is 9.23 Å². The van der Waals surface area contributed by atoms with Crippen LogP contribution in [0, 0.1) is 0 Å². The van der Waals surface area contributed by atoms with E-state index in [1.54, 1.807) is 0 Å². The molecule has 1 aromatic rings. The van der Waals surface area contributed by atoms with E-state index in [4.69, 9.17) is 4.74 Å². The fourth-order valence-corrected chi connectivity index (χ4v) is 5.82. The van der Waals surface area contributed by atoms with Crippen LogP contribution in [0.3, 0.4) is 0 Å². The number of hydrogen-bond donors (Lipinski definition) is 0. The Labute approximate surface area is 150 Å². The molecule has 2 unspecified atom stereocenters. The molecule has 132 valence electrons. The van der Waals surface area contributed by atoms with Crippen molar-refractivity contribution in [2.75, 3.05) is 7.11 Å². The summed E-state index contributed by atoms with van der Waals surface area (Å²) in [6.07, 6.45) is 13.8. The number of benzene rings is 1. The average Bonchev–Trinajstić information content (AvgIpc) is 2.59. The second-order valence-corrected chi connectivity index (χ2v) is 9.20. The number of methoxy groups -OCH3 is 1. The Balaban J connectivity index is 2.55. The molecule has 23 heavy (non-hydrogen) atoms. The van der Waals surface area contributed by atoms with Gasteiger partial charge in [-0.05, 0) is 0 Å². The summed E-state index contributed by atoms with van der Waals surface area (Å²) in [7, 11) is 1.92. The van der Waals surface area contributed by atoms with Gasteiger partial charge >= 0.3 is 151 Å². The molecule has 0 fully saturated rings. The van der Waals surface area contributed by atoms with Gasteiger partial charge in [-0.15, -0.1) is 0 Å². The third-order valence-corrected chi connectivity index (χ3v) is 7.34. The van der Waals surface area contributed by atoms with Crippen LogP contribution in [0.1, 0.15) is 78.1 Å². The van der Waals surface area contributed by atoms with Gasteiger partial charge in [0.1, 0.15) is 0 Å². The predicted octanol–water partition coefficient (Wildman–Crippen LogP) is 5.76. The summed E-state index contributed by atoms with van der Waals surface area (Å²) in [5.74, 6) is 0. The first-order valence-electron chi connectivity index (χ1n) is 9.56. The van der Waals surface area contributed by atoms with E-state index >= 15 is 0 Å². The van der Waals surface area contributed by atoms with Gasteiger partial charge in [-0.3, -0.25) is 0 Å². The van der Waals surface area contributed by atoms with Crippen molar-refractivity contribution in [2.24, 2.45) is 0 Å². The molecule has 2 heteroatoms. The predicted molar refractivity (Wildman–Crippen MR) is 104 cm³/mol. The molecule has 0 saturated heterocycles. The van der Waals surface area contributed by atoms with E-state index in [1.807, 2.05) is 7.11 Å². The zero-order valence-electron chi connectivity index (χ0n) is 15.4. The van der Waals surface area contributed by atoms with E-state index in [0.717, 1.165) is 4.82 Å². The van der Waals surface area contributed by atoms with Crippen molar-refractivity contribution in [3.8, 4) is 0 Å². The molecule has 0 radical (unpaired) electrons. The van der Waals surface area contributed by atoms with Crippen LogP contribution in [0.15, 0.2) is 30.3 Å². The van der Waals surface area contributed by atoms with Crippen LogP contribution in [-0.4, -0.2) is 28.2 Å². The van der Waals surface area contributed by atoms with Gasteiger partial charge in [-0.2, -0.15) is 0 Å². The van der Waals surface area contributed by atoms with E-state index in [2.05, 4.69) is 44.2 Å². The Hall–Kier alpha value is -0.301. The Morgan fingerprint density at radius 2 is 1.43 bits per heavy atom. The zero-order chi connectivity index (χ0) is 16.8. The van der Waals surface area contributed by atoms with Gasteiger partial charge < -0.3 is 0 Å². The molecule has 0 aromatic heterocycles. The molecule has 1 nitrogen and oxygen atoms in total. The van der Waals surface area contributed by atoms with Crippen LogP contribution >= 0.6 is 0 Å². The molecular weight excluding hydrogens is 347 g/mol. The van der Waals surface area contributed by atoms with Crippen molar-refractivity contribution in [2.45, 2.75) is 89.0 Å². The van der Waals surface area contributed by atoms with Crippen molar-refractivity contribution in [3.63, 3.8) is 0 Å². The van der Waals surface area contributed by atoms with E-state index in [1.165, 1.54) is 68.7 Å². The van der Waals surface area contributed by atoms with Gasteiger partial charge in [0.2, 0.25) is 0 Å². The SMILES string of the molecule is CCCCCCC(OC)C(CCCCCC)[Se]c1ccccc1. The second kappa shape index (κ2) is 14.1. The van der Waals surface area contributed by atoms with Gasteiger partial charge in [0.25, 0.3) is 0 Å². The van der Waals surface area contributed by atoms with E-state index in [9.17, 15) is 0 Å². The first-order chi connectivity index (χ1) is 11.3. The van der Waals surface area contributed by atoms with Gasteiger partial charge in [-0.1, -0.05) is 0 Å². The maximum absolute atomic E-state index is 5.94. The standard InChI is InChI=1S/C21H36OSe/c1-4-6-8-13-17-20(22-3)21(18-14-9-7-5-2)23-19-15-11-10-12-16-19/h10-12,15-16,20-21H,4-9,13-14,17-18H2,1-3H3. The third-order valence-electron chi connectivity index (χ3n) is 4.43. The maximum atomic E-state index is 5.94. The van der Waals surface area contributed by atoms with Crippen molar-refractivity contribution < 1.29 is 4.74 Å². The van der Waals surface area contributed by atoms with Crippen LogP contribution < -0.4 is 4.46 Å². The van der Waals surface area contributed by atoms with Crippen molar-refractivity contribution >= 4 is 19.4 Å². The fraction of sp³-hybridized carbons (Fsp3) is 0.714. The molecule has 0 aliphatic heterocycles. The third kappa shape index (κ3) is 9.55. The van der Waals surface area contributed by atoms with Gasteiger partial charge in [0, 0.05) is 0 Å². The van der Waals surface area contributed by atoms with Gasteiger partial charge in [0.05, 0.1) is 0 Å². The van der Waals surface area contributed by atoms with Crippen molar-refractivity contribution in [1.82, 2.24) is 0 Å². The molecule has 1 aromatic carbocycles. The Morgan fingerprint density at radius 1 is 0.826 bits per heavy atom. The molecule has 0 amide bonds. The molecule has 2 atom stereocenters. The Bertz CT molecular complexity index is 365. The second-order valence-electron chi connectivity index (χ2n) is 6.44. The van der Waals surface area contributed by atoms with E-state index < -0.39 is 0 Å². The molecule has 0 aliphatic rings. The summed E-state index contributed by atoms with van der Waals surface area (Å²) in [6, 6.07) is 11.1. The van der Waals surface area contributed by atoms with Crippen molar-refractivity contribution in [1.29, 1.82) is 0 Å². The molecule has 0 bridgehead atoms. The Morgan fingerprint density at radius 3 is 2.00 bits per heavy atom. The van der Waals surface area contributed by atoms with Crippen LogP contribution in [0.5, 0.6) is 0 Å². The quantitative estimate of drug-likeness (QED) is 0.293. The van der Waals surface area contributed by atoms with Crippen LogP contribution in [0.25, 0.3) is 0 Å². The molecule has 0 heterocycles. The number of ether oxygens (including phenoxy) is 1. The fourth-order valence-electron chi connectivity index (χ4n) is 2.99. The minimum atomic E-state index is 0.452. The van der Waals surface area contributed by atoms with Crippen LogP contribution in [-0.2, 0) is 4.74 Å². The van der Waals surface area contributed by atoms with Gasteiger partial charge in [-0.25, -0.2) is 0 Å². The molecule has 1 rings (SSSR count). The molecule has 0 aliphatic carbocycles. The summed E-state index contributed by atoms with van der Waals surface area (Å²) in [5.41, 5.74) is 0. The number of hydrogen-bond acceptors (Lipinski definition) is 1. The minimum absolute atomic E-state index is 0.452. The number of rotatable bonds is 14. The van der Waals surface area contributed by atoms with Crippen molar-refractivity contribution in [3.05, 3.63) is 30.3 Å². The molecule has 0 N–H and O–H groups in total. The van der Waals surface area contributed by atoms with Crippen LogP contribution in [0.2, 0.25) is 4.82 Å². The molecular formula is C21H36OSe. The zero-order valence-corrected chi connectivity index (χ0v) is 17.1. The van der Waals surface area contributed by atoms with Crippen LogP contribution in [0.4, 0.5) is 0 Å². The summed E-state index contributed by atoms with van der Waals surface area (Å²) < 4.78 is 7.46. The monoisotopic (exact) mass is 384 g/mol. The molecule has 0 spiro atoms. The summed E-state index contributed by atoms with van der Waals surface area (Å²) >= 11 is 0.527. The summed E-state index contributed by atoms with van der Waals surface area (Å²) in [5, 5.41) is 0. The average molecular weight is 383 g/mol. The van der Waals surface area contributed by atoms with Gasteiger partial charge in [0.15, 0.2) is 0 Å².